The zero-order valence-corrected chi connectivity index (χ0v) is 12.8. The van der Waals surface area contributed by atoms with Crippen LogP contribution in [0.2, 0.25) is 0 Å². The third kappa shape index (κ3) is 2.85. The van der Waals surface area contributed by atoms with Gasteiger partial charge in [-0.1, -0.05) is 36.3 Å². The van der Waals surface area contributed by atoms with E-state index in [9.17, 15) is 8.42 Å². The van der Waals surface area contributed by atoms with E-state index in [2.05, 4.69) is 10.1 Å². The van der Waals surface area contributed by atoms with Gasteiger partial charge in [-0.15, -0.1) is 0 Å². The number of fused-ring (bicyclic) bond motifs is 1. The molecule has 0 unspecified atom stereocenters. The summed E-state index contributed by atoms with van der Waals surface area (Å²) in [5, 5.41) is 3.30. The maximum absolute atomic E-state index is 12.7. The van der Waals surface area contributed by atoms with Crippen molar-refractivity contribution in [3.05, 3.63) is 47.1 Å². The standard InChI is InChI=1S/C15H18N2O3S/c1-2-15-16-14(17-20-15)10-21(18,19)13-9-5-7-11-6-3-4-8-12(11)13/h3-4,6,8,13H,2,5,7,9-10H2,1H3/t13-/m1/s1. The van der Waals surface area contributed by atoms with E-state index in [1.54, 1.807) is 0 Å². The molecule has 6 heteroatoms. The normalized spacial score (nSPS) is 18.4. The Balaban J connectivity index is 1.89. The summed E-state index contributed by atoms with van der Waals surface area (Å²) < 4.78 is 30.4. The Labute approximate surface area is 124 Å². The summed E-state index contributed by atoms with van der Waals surface area (Å²) in [6, 6.07) is 7.79. The van der Waals surface area contributed by atoms with Crippen LogP contribution in [-0.2, 0) is 28.4 Å². The molecule has 0 saturated heterocycles. The van der Waals surface area contributed by atoms with Crippen molar-refractivity contribution in [2.45, 2.75) is 43.6 Å². The molecule has 1 aromatic heterocycles. The van der Waals surface area contributed by atoms with Gasteiger partial charge in [-0.2, -0.15) is 4.98 Å². The van der Waals surface area contributed by atoms with Gasteiger partial charge in [0.15, 0.2) is 15.7 Å². The number of hydrogen-bond acceptors (Lipinski definition) is 5. The molecule has 0 fully saturated rings. The largest absolute Gasteiger partial charge is 0.339 e. The molecule has 1 heterocycles. The predicted octanol–water partition coefficient (Wildman–Crippen LogP) is 2.62. The minimum Gasteiger partial charge on any atom is -0.339 e. The van der Waals surface area contributed by atoms with Gasteiger partial charge in [0, 0.05) is 6.42 Å². The van der Waals surface area contributed by atoms with E-state index in [1.165, 1.54) is 0 Å². The van der Waals surface area contributed by atoms with Crippen molar-refractivity contribution in [1.82, 2.24) is 10.1 Å². The molecule has 0 radical (unpaired) electrons. The van der Waals surface area contributed by atoms with E-state index in [1.807, 2.05) is 31.2 Å². The van der Waals surface area contributed by atoms with E-state index in [0.29, 0.717) is 18.7 Å². The molecule has 0 aliphatic heterocycles. The number of benzene rings is 1. The second-order valence-corrected chi connectivity index (χ2v) is 7.53. The van der Waals surface area contributed by atoms with Crippen molar-refractivity contribution in [3.8, 4) is 0 Å². The fraction of sp³-hybridized carbons (Fsp3) is 0.467. The van der Waals surface area contributed by atoms with Crippen molar-refractivity contribution in [2.24, 2.45) is 0 Å². The van der Waals surface area contributed by atoms with Crippen LogP contribution in [0, 0.1) is 0 Å². The number of rotatable bonds is 4. The molecule has 1 atom stereocenters. The van der Waals surface area contributed by atoms with Crippen molar-refractivity contribution >= 4 is 9.84 Å². The van der Waals surface area contributed by atoms with Crippen molar-refractivity contribution < 1.29 is 12.9 Å². The SMILES string of the molecule is CCc1nc(CS(=O)(=O)[C@@H]2CCCc3ccccc32)no1. The third-order valence-corrected chi connectivity index (χ3v) is 5.91. The van der Waals surface area contributed by atoms with E-state index in [0.717, 1.165) is 24.0 Å². The van der Waals surface area contributed by atoms with Gasteiger partial charge in [-0.05, 0) is 30.4 Å². The highest BCUT2D eigenvalue weighted by atomic mass is 32.2. The summed E-state index contributed by atoms with van der Waals surface area (Å²) in [6.07, 6.45) is 3.12. The molecule has 0 N–H and O–H groups in total. The summed E-state index contributed by atoms with van der Waals surface area (Å²) >= 11 is 0. The maximum Gasteiger partial charge on any atom is 0.226 e. The van der Waals surface area contributed by atoms with Gasteiger partial charge in [-0.25, -0.2) is 8.42 Å². The highest BCUT2D eigenvalue weighted by Gasteiger charge is 2.32. The van der Waals surface area contributed by atoms with Crippen LogP contribution in [0.1, 0.15) is 47.9 Å². The number of aryl methyl sites for hydroxylation is 2. The molecule has 0 spiro atoms. The second-order valence-electron chi connectivity index (χ2n) is 5.34. The van der Waals surface area contributed by atoms with Crippen molar-refractivity contribution in [2.75, 3.05) is 0 Å². The average molecular weight is 306 g/mol. The molecule has 2 aromatic rings. The minimum atomic E-state index is -3.33. The Hall–Kier alpha value is -1.69. The highest BCUT2D eigenvalue weighted by molar-refractivity contribution is 7.90. The smallest absolute Gasteiger partial charge is 0.226 e. The monoisotopic (exact) mass is 306 g/mol. The first-order chi connectivity index (χ1) is 10.1. The third-order valence-electron chi connectivity index (χ3n) is 3.89. The number of nitrogens with zero attached hydrogens (tertiary/aromatic N) is 2. The molecular weight excluding hydrogens is 288 g/mol. The Morgan fingerprint density at radius 3 is 2.90 bits per heavy atom. The molecule has 1 aromatic carbocycles. The van der Waals surface area contributed by atoms with Crippen molar-refractivity contribution in [3.63, 3.8) is 0 Å². The second kappa shape index (κ2) is 5.60. The molecule has 0 amide bonds. The zero-order valence-electron chi connectivity index (χ0n) is 11.9. The van der Waals surface area contributed by atoms with Gasteiger partial charge < -0.3 is 4.52 Å². The quantitative estimate of drug-likeness (QED) is 0.868. The Morgan fingerprint density at radius 1 is 1.33 bits per heavy atom. The Morgan fingerprint density at radius 2 is 2.14 bits per heavy atom. The lowest BCUT2D eigenvalue weighted by Gasteiger charge is -2.24. The Kier molecular flexibility index (Phi) is 3.80. The Bertz CT molecular complexity index is 737. The van der Waals surface area contributed by atoms with Crippen LogP contribution < -0.4 is 0 Å². The predicted molar refractivity (Wildman–Crippen MR) is 78.4 cm³/mol. The lowest BCUT2D eigenvalue weighted by Crippen LogP contribution is -2.21. The fourth-order valence-corrected chi connectivity index (χ4v) is 4.68. The number of hydrogen-bond donors (Lipinski definition) is 0. The number of sulfone groups is 1. The van der Waals surface area contributed by atoms with Crippen molar-refractivity contribution in [1.29, 1.82) is 0 Å². The summed E-state index contributed by atoms with van der Waals surface area (Å²) in [7, 11) is -3.33. The first kappa shape index (κ1) is 14.3. The molecule has 112 valence electrons. The summed E-state index contributed by atoms with van der Waals surface area (Å²) in [4.78, 5) is 4.11. The van der Waals surface area contributed by atoms with Gasteiger partial charge in [0.2, 0.25) is 5.89 Å². The van der Waals surface area contributed by atoms with Crippen LogP contribution in [-0.4, -0.2) is 18.6 Å². The van der Waals surface area contributed by atoms with E-state index < -0.39 is 15.1 Å². The molecule has 0 saturated carbocycles. The molecule has 1 aliphatic carbocycles. The molecule has 21 heavy (non-hydrogen) atoms. The van der Waals surface area contributed by atoms with Crippen LogP contribution in [0.4, 0.5) is 0 Å². The van der Waals surface area contributed by atoms with Gasteiger partial charge in [0.05, 0.1) is 5.25 Å². The van der Waals surface area contributed by atoms with Crippen LogP contribution in [0.5, 0.6) is 0 Å². The molecule has 3 rings (SSSR count). The van der Waals surface area contributed by atoms with Crippen LogP contribution in [0.15, 0.2) is 28.8 Å². The van der Waals surface area contributed by atoms with Crippen LogP contribution in [0.25, 0.3) is 0 Å². The van der Waals surface area contributed by atoms with E-state index in [-0.39, 0.29) is 11.6 Å². The first-order valence-electron chi connectivity index (χ1n) is 7.21. The number of aromatic nitrogens is 2. The van der Waals surface area contributed by atoms with Gasteiger partial charge in [0.25, 0.3) is 0 Å². The topological polar surface area (TPSA) is 73.1 Å². The lowest BCUT2D eigenvalue weighted by atomic mass is 9.91. The molecule has 1 aliphatic rings. The molecule has 0 bridgehead atoms. The highest BCUT2D eigenvalue weighted by Crippen LogP contribution is 2.36. The minimum absolute atomic E-state index is 0.157. The lowest BCUT2D eigenvalue weighted by molar-refractivity contribution is 0.377. The van der Waals surface area contributed by atoms with Crippen LogP contribution in [0.3, 0.4) is 0 Å². The average Bonchev–Trinajstić information content (AvgIpc) is 2.93. The van der Waals surface area contributed by atoms with Gasteiger partial charge in [0.1, 0.15) is 5.75 Å². The first-order valence-corrected chi connectivity index (χ1v) is 8.92. The van der Waals surface area contributed by atoms with E-state index >= 15 is 0 Å². The summed E-state index contributed by atoms with van der Waals surface area (Å²) in [5.74, 6) is 0.578. The van der Waals surface area contributed by atoms with Gasteiger partial charge in [-0.3, -0.25) is 0 Å². The van der Waals surface area contributed by atoms with E-state index in [4.69, 9.17) is 4.52 Å². The van der Waals surface area contributed by atoms with Gasteiger partial charge >= 0.3 is 0 Å². The zero-order chi connectivity index (χ0) is 14.9. The van der Waals surface area contributed by atoms with Crippen LogP contribution >= 0.6 is 0 Å². The maximum atomic E-state index is 12.7. The molecular formula is C15H18N2O3S. The summed E-state index contributed by atoms with van der Waals surface area (Å²) in [5.41, 5.74) is 2.07. The fourth-order valence-electron chi connectivity index (χ4n) is 2.86. The molecule has 5 nitrogen and oxygen atoms in total. The summed E-state index contributed by atoms with van der Waals surface area (Å²) in [6.45, 7) is 1.89.